The molecule has 1 fully saturated rings. The molecule has 6 N–H and O–H groups in total. The van der Waals surface area contributed by atoms with Crippen molar-refractivity contribution in [3.8, 4) is 0 Å². The monoisotopic (exact) mass is 282 g/mol. The molecule has 1 aliphatic rings. The maximum absolute atomic E-state index is 11.7. The van der Waals surface area contributed by atoms with E-state index < -0.39 is 5.91 Å². The lowest BCUT2D eigenvalue weighted by Gasteiger charge is -2.12. The fourth-order valence-electron chi connectivity index (χ4n) is 2.33. The van der Waals surface area contributed by atoms with E-state index in [0.29, 0.717) is 15.9 Å². The predicted molar refractivity (Wildman–Crippen MR) is 76.5 cm³/mol. The van der Waals surface area contributed by atoms with Gasteiger partial charge in [-0.25, -0.2) is 0 Å². The number of carbonyl (C=O) groups is 2. The summed E-state index contributed by atoms with van der Waals surface area (Å²) in [4.78, 5) is 23.5. The molecule has 1 aromatic heterocycles. The van der Waals surface area contributed by atoms with Gasteiger partial charge in [0.2, 0.25) is 0 Å². The number of hydrogen-bond donors (Lipinski definition) is 4. The van der Waals surface area contributed by atoms with E-state index in [-0.39, 0.29) is 17.2 Å². The molecule has 1 heterocycles. The van der Waals surface area contributed by atoms with Crippen molar-refractivity contribution in [3.05, 3.63) is 10.4 Å². The lowest BCUT2D eigenvalue weighted by Crippen LogP contribution is -2.20. The number of nitrogens with two attached hydrogens (primary N) is 2. The first-order valence-electron chi connectivity index (χ1n) is 6.25. The van der Waals surface area contributed by atoms with Gasteiger partial charge in [0.15, 0.2) is 0 Å². The molecule has 0 saturated heterocycles. The SMILES string of the molecule is CNC(=O)c1sc(NC2CCCC2)c(C(N)=O)c1N. The zero-order valence-corrected chi connectivity index (χ0v) is 11.6. The Hall–Kier alpha value is -1.76. The molecule has 2 amide bonds. The van der Waals surface area contributed by atoms with Crippen LogP contribution >= 0.6 is 11.3 Å². The summed E-state index contributed by atoms with van der Waals surface area (Å²) in [5, 5.41) is 6.40. The minimum absolute atomic E-state index is 0.164. The highest BCUT2D eigenvalue weighted by molar-refractivity contribution is 7.19. The Bertz CT molecular complexity index is 506. The summed E-state index contributed by atoms with van der Waals surface area (Å²) in [7, 11) is 1.52. The molecule has 1 saturated carbocycles. The van der Waals surface area contributed by atoms with Gasteiger partial charge in [0.1, 0.15) is 9.88 Å². The molecule has 0 aliphatic heterocycles. The largest absolute Gasteiger partial charge is 0.397 e. The maximum atomic E-state index is 11.7. The third-order valence-corrected chi connectivity index (χ3v) is 4.45. The highest BCUT2D eigenvalue weighted by atomic mass is 32.1. The van der Waals surface area contributed by atoms with Crippen LogP contribution in [0.2, 0.25) is 0 Å². The predicted octanol–water partition coefficient (Wildman–Crippen LogP) is 1.14. The van der Waals surface area contributed by atoms with E-state index in [1.807, 2.05) is 0 Å². The van der Waals surface area contributed by atoms with Crippen molar-refractivity contribution in [2.75, 3.05) is 18.1 Å². The van der Waals surface area contributed by atoms with Gasteiger partial charge in [0.25, 0.3) is 11.8 Å². The zero-order chi connectivity index (χ0) is 14.0. The smallest absolute Gasteiger partial charge is 0.263 e. The Labute approximate surface area is 115 Å². The highest BCUT2D eigenvalue weighted by Gasteiger charge is 2.25. The number of carbonyl (C=O) groups excluding carboxylic acids is 2. The molecule has 2 rings (SSSR count). The van der Waals surface area contributed by atoms with E-state index in [2.05, 4.69) is 10.6 Å². The summed E-state index contributed by atoms with van der Waals surface area (Å²) in [5.41, 5.74) is 11.6. The molecular weight excluding hydrogens is 264 g/mol. The average Bonchev–Trinajstić information content (AvgIpc) is 2.97. The standard InChI is InChI=1S/C12H18N4O2S/c1-15-11(18)9-8(13)7(10(14)17)12(19-9)16-6-4-2-3-5-6/h6,16H,2-5,13H2,1H3,(H2,14,17)(H,15,18). The molecule has 7 heteroatoms. The minimum Gasteiger partial charge on any atom is -0.397 e. The quantitative estimate of drug-likeness (QED) is 0.663. The number of anilines is 2. The molecule has 0 radical (unpaired) electrons. The molecule has 19 heavy (non-hydrogen) atoms. The fraction of sp³-hybridized carbons (Fsp3) is 0.500. The van der Waals surface area contributed by atoms with Gasteiger partial charge in [0, 0.05) is 13.1 Å². The van der Waals surface area contributed by atoms with Crippen molar-refractivity contribution < 1.29 is 9.59 Å². The number of rotatable bonds is 4. The van der Waals surface area contributed by atoms with Crippen LogP contribution in [0, 0.1) is 0 Å². The van der Waals surface area contributed by atoms with Gasteiger partial charge >= 0.3 is 0 Å². The molecule has 1 aromatic rings. The number of amides is 2. The van der Waals surface area contributed by atoms with E-state index in [0.717, 1.165) is 12.8 Å². The van der Waals surface area contributed by atoms with E-state index in [9.17, 15) is 9.59 Å². The summed E-state index contributed by atoms with van der Waals surface area (Å²) in [6.45, 7) is 0. The van der Waals surface area contributed by atoms with Crippen LogP contribution in [0.1, 0.15) is 45.7 Å². The third-order valence-electron chi connectivity index (χ3n) is 3.32. The van der Waals surface area contributed by atoms with Crippen molar-refractivity contribution in [1.82, 2.24) is 5.32 Å². The van der Waals surface area contributed by atoms with Gasteiger partial charge in [-0.05, 0) is 12.8 Å². The van der Waals surface area contributed by atoms with Crippen LogP contribution in [0.15, 0.2) is 0 Å². The second-order valence-corrected chi connectivity index (χ2v) is 5.64. The third kappa shape index (κ3) is 2.65. The second kappa shape index (κ2) is 5.48. The van der Waals surface area contributed by atoms with E-state index in [4.69, 9.17) is 11.5 Å². The number of nitrogens with one attached hydrogen (secondary N) is 2. The van der Waals surface area contributed by atoms with E-state index in [1.165, 1.54) is 31.2 Å². The van der Waals surface area contributed by atoms with Crippen molar-refractivity contribution >= 4 is 33.8 Å². The molecule has 0 atom stereocenters. The highest BCUT2D eigenvalue weighted by Crippen LogP contribution is 2.37. The lowest BCUT2D eigenvalue weighted by atomic mass is 10.2. The Morgan fingerprint density at radius 2 is 1.95 bits per heavy atom. The topological polar surface area (TPSA) is 110 Å². The summed E-state index contributed by atoms with van der Waals surface area (Å²) in [5.74, 6) is -0.908. The number of primary amides is 1. The summed E-state index contributed by atoms with van der Waals surface area (Å²) < 4.78 is 0. The van der Waals surface area contributed by atoms with Gasteiger partial charge in [-0.1, -0.05) is 12.8 Å². The molecule has 0 aromatic carbocycles. The fourth-order valence-corrected chi connectivity index (χ4v) is 3.48. The van der Waals surface area contributed by atoms with Crippen LogP contribution in [-0.2, 0) is 0 Å². The van der Waals surface area contributed by atoms with E-state index in [1.54, 1.807) is 0 Å². The lowest BCUT2D eigenvalue weighted by molar-refractivity contribution is 0.0967. The molecule has 104 valence electrons. The van der Waals surface area contributed by atoms with Crippen LogP contribution < -0.4 is 22.1 Å². The Morgan fingerprint density at radius 1 is 1.32 bits per heavy atom. The normalized spacial score (nSPS) is 15.4. The number of nitrogen functional groups attached to an aromatic ring is 1. The van der Waals surface area contributed by atoms with Crippen molar-refractivity contribution in [2.24, 2.45) is 5.73 Å². The first-order valence-corrected chi connectivity index (χ1v) is 7.07. The maximum Gasteiger partial charge on any atom is 0.263 e. The Morgan fingerprint density at radius 3 is 2.47 bits per heavy atom. The van der Waals surface area contributed by atoms with Gasteiger partial charge in [-0.2, -0.15) is 0 Å². The molecule has 0 spiro atoms. The van der Waals surface area contributed by atoms with Gasteiger partial charge in [0.05, 0.1) is 11.3 Å². The summed E-state index contributed by atoms with van der Waals surface area (Å²) in [6, 6.07) is 0.327. The van der Waals surface area contributed by atoms with Crippen LogP contribution in [0.4, 0.5) is 10.7 Å². The molecular formula is C12H18N4O2S. The summed E-state index contributed by atoms with van der Waals surface area (Å²) >= 11 is 1.18. The van der Waals surface area contributed by atoms with Crippen LogP contribution in [0.25, 0.3) is 0 Å². The zero-order valence-electron chi connectivity index (χ0n) is 10.8. The van der Waals surface area contributed by atoms with Gasteiger partial charge < -0.3 is 22.1 Å². The van der Waals surface area contributed by atoms with Crippen molar-refractivity contribution in [2.45, 2.75) is 31.7 Å². The average molecular weight is 282 g/mol. The Balaban J connectivity index is 2.34. The van der Waals surface area contributed by atoms with E-state index >= 15 is 0 Å². The number of hydrogen-bond acceptors (Lipinski definition) is 5. The van der Waals surface area contributed by atoms with Gasteiger partial charge in [-0.15, -0.1) is 11.3 Å². The number of thiophene rings is 1. The Kier molecular flexibility index (Phi) is 3.94. The first kappa shape index (κ1) is 13.7. The van der Waals surface area contributed by atoms with Crippen LogP contribution in [0.5, 0.6) is 0 Å². The van der Waals surface area contributed by atoms with Crippen LogP contribution in [0.3, 0.4) is 0 Å². The minimum atomic E-state index is -0.607. The van der Waals surface area contributed by atoms with Gasteiger partial charge in [-0.3, -0.25) is 9.59 Å². The van der Waals surface area contributed by atoms with Crippen molar-refractivity contribution in [1.29, 1.82) is 0 Å². The first-order chi connectivity index (χ1) is 9.04. The van der Waals surface area contributed by atoms with Crippen LogP contribution in [-0.4, -0.2) is 24.9 Å². The summed E-state index contributed by atoms with van der Waals surface area (Å²) in [6.07, 6.45) is 4.47. The molecule has 0 unspecified atom stereocenters. The second-order valence-electron chi connectivity index (χ2n) is 4.62. The molecule has 1 aliphatic carbocycles. The molecule has 6 nitrogen and oxygen atoms in total. The van der Waals surface area contributed by atoms with Crippen molar-refractivity contribution in [3.63, 3.8) is 0 Å². The molecule has 0 bridgehead atoms.